The van der Waals surface area contributed by atoms with E-state index in [2.05, 4.69) is 44.5 Å². The molecule has 0 aliphatic carbocycles. The second-order valence-electron chi connectivity index (χ2n) is 6.50. The van der Waals surface area contributed by atoms with E-state index < -0.39 is 0 Å². The molecule has 2 N–H and O–H groups in total. The monoisotopic (exact) mass is 241 g/mol. The SMILES string of the molecule is CCC(C)N1CC(CCN)N(C)CC(C)(C)C1. The Morgan fingerprint density at radius 3 is 2.53 bits per heavy atom. The van der Waals surface area contributed by atoms with Gasteiger partial charge in [0.05, 0.1) is 0 Å². The van der Waals surface area contributed by atoms with E-state index in [4.69, 9.17) is 5.73 Å². The van der Waals surface area contributed by atoms with Gasteiger partial charge in [0.1, 0.15) is 0 Å². The van der Waals surface area contributed by atoms with Crippen LogP contribution in [-0.2, 0) is 0 Å². The van der Waals surface area contributed by atoms with Crippen LogP contribution in [0.5, 0.6) is 0 Å². The van der Waals surface area contributed by atoms with Crippen molar-refractivity contribution in [1.29, 1.82) is 0 Å². The second kappa shape index (κ2) is 6.17. The first-order valence-corrected chi connectivity index (χ1v) is 7.04. The summed E-state index contributed by atoms with van der Waals surface area (Å²) in [6.07, 6.45) is 2.34. The van der Waals surface area contributed by atoms with Gasteiger partial charge in [0.25, 0.3) is 0 Å². The number of hydrogen-bond acceptors (Lipinski definition) is 3. The Hall–Kier alpha value is -0.120. The first-order chi connectivity index (χ1) is 7.89. The van der Waals surface area contributed by atoms with Crippen LogP contribution in [0.4, 0.5) is 0 Å². The van der Waals surface area contributed by atoms with E-state index in [-0.39, 0.29) is 0 Å². The fourth-order valence-corrected chi connectivity index (χ4v) is 2.98. The molecule has 1 aliphatic heterocycles. The number of rotatable bonds is 4. The smallest absolute Gasteiger partial charge is 0.0232 e. The zero-order valence-corrected chi connectivity index (χ0v) is 12.4. The van der Waals surface area contributed by atoms with E-state index in [0.29, 0.717) is 17.5 Å². The van der Waals surface area contributed by atoms with E-state index in [1.54, 1.807) is 0 Å². The van der Waals surface area contributed by atoms with Gasteiger partial charge in [0.2, 0.25) is 0 Å². The quantitative estimate of drug-likeness (QED) is 0.814. The van der Waals surface area contributed by atoms with Crippen LogP contribution in [0, 0.1) is 5.41 Å². The zero-order chi connectivity index (χ0) is 13.1. The predicted octanol–water partition coefficient (Wildman–Crippen LogP) is 1.78. The molecule has 0 bridgehead atoms. The topological polar surface area (TPSA) is 32.5 Å². The van der Waals surface area contributed by atoms with Crippen molar-refractivity contribution >= 4 is 0 Å². The van der Waals surface area contributed by atoms with Crippen molar-refractivity contribution in [3.63, 3.8) is 0 Å². The lowest BCUT2D eigenvalue weighted by Crippen LogP contribution is -2.43. The van der Waals surface area contributed by atoms with Gasteiger partial charge in [0, 0.05) is 31.7 Å². The number of likely N-dealkylation sites (N-methyl/N-ethyl adjacent to an activating group) is 1. The Bertz CT molecular complexity index is 228. The van der Waals surface area contributed by atoms with Crippen molar-refractivity contribution in [2.24, 2.45) is 11.1 Å². The molecule has 0 aromatic carbocycles. The number of hydrogen-bond donors (Lipinski definition) is 1. The van der Waals surface area contributed by atoms with E-state index in [9.17, 15) is 0 Å². The average Bonchev–Trinajstić information content (AvgIpc) is 2.35. The van der Waals surface area contributed by atoms with Crippen LogP contribution in [0.1, 0.15) is 40.5 Å². The molecular weight excluding hydrogens is 210 g/mol. The van der Waals surface area contributed by atoms with Crippen LogP contribution >= 0.6 is 0 Å². The van der Waals surface area contributed by atoms with E-state index in [1.807, 2.05) is 0 Å². The number of nitrogens with zero attached hydrogens (tertiary/aromatic N) is 2. The molecule has 17 heavy (non-hydrogen) atoms. The van der Waals surface area contributed by atoms with Gasteiger partial charge in [-0.3, -0.25) is 4.90 Å². The van der Waals surface area contributed by atoms with E-state index in [1.165, 1.54) is 26.1 Å². The molecule has 1 aliphatic rings. The minimum absolute atomic E-state index is 0.377. The fraction of sp³-hybridized carbons (Fsp3) is 1.00. The maximum Gasteiger partial charge on any atom is 0.0232 e. The first kappa shape index (κ1) is 14.9. The summed E-state index contributed by atoms with van der Waals surface area (Å²) in [6.45, 7) is 13.7. The lowest BCUT2D eigenvalue weighted by atomic mass is 9.92. The minimum Gasteiger partial charge on any atom is -0.330 e. The molecule has 0 spiro atoms. The molecule has 1 saturated heterocycles. The summed E-state index contributed by atoms with van der Waals surface area (Å²) in [5.74, 6) is 0. The fourth-order valence-electron chi connectivity index (χ4n) is 2.98. The Morgan fingerprint density at radius 1 is 1.35 bits per heavy atom. The highest BCUT2D eigenvalue weighted by Crippen LogP contribution is 2.26. The molecule has 0 saturated carbocycles. The van der Waals surface area contributed by atoms with Gasteiger partial charge in [-0.2, -0.15) is 0 Å². The van der Waals surface area contributed by atoms with Gasteiger partial charge >= 0.3 is 0 Å². The van der Waals surface area contributed by atoms with Crippen molar-refractivity contribution in [2.75, 3.05) is 33.2 Å². The standard InChI is InChI=1S/C14H31N3/c1-6-12(2)17-9-13(7-8-15)16(5)10-14(3,4)11-17/h12-13H,6-11,15H2,1-5H3. The van der Waals surface area contributed by atoms with Gasteiger partial charge in [0.15, 0.2) is 0 Å². The number of nitrogens with two attached hydrogens (primary N) is 1. The summed E-state index contributed by atoms with van der Waals surface area (Å²) < 4.78 is 0. The summed E-state index contributed by atoms with van der Waals surface area (Å²) in [5.41, 5.74) is 6.13. The Morgan fingerprint density at radius 2 is 2.00 bits per heavy atom. The largest absolute Gasteiger partial charge is 0.330 e. The van der Waals surface area contributed by atoms with Gasteiger partial charge < -0.3 is 10.6 Å². The predicted molar refractivity (Wildman–Crippen MR) is 75.2 cm³/mol. The molecule has 1 rings (SSSR count). The van der Waals surface area contributed by atoms with Crippen molar-refractivity contribution < 1.29 is 0 Å². The van der Waals surface area contributed by atoms with Crippen LogP contribution in [0.2, 0.25) is 0 Å². The van der Waals surface area contributed by atoms with Gasteiger partial charge in [-0.1, -0.05) is 20.8 Å². The highest BCUT2D eigenvalue weighted by Gasteiger charge is 2.33. The zero-order valence-electron chi connectivity index (χ0n) is 12.4. The lowest BCUT2D eigenvalue weighted by molar-refractivity contribution is 0.151. The maximum absolute atomic E-state index is 5.75. The molecule has 0 aromatic heterocycles. The summed E-state index contributed by atoms with van der Waals surface area (Å²) in [4.78, 5) is 5.17. The van der Waals surface area contributed by atoms with Crippen LogP contribution in [-0.4, -0.2) is 55.1 Å². The molecule has 0 radical (unpaired) electrons. The van der Waals surface area contributed by atoms with Gasteiger partial charge in [-0.15, -0.1) is 0 Å². The Labute approximate surface area is 107 Å². The molecule has 0 amide bonds. The first-order valence-electron chi connectivity index (χ1n) is 7.04. The molecule has 1 fully saturated rings. The second-order valence-corrected chi connectivity index (χ2v) is 6.50. The molecule has 3 nitrogen and oxygen atoms in total. The van der Waals surface area contributed by atoms with Crippen LogP contribution in [0.15, 0.2) is 0 Å². The third-order valence-corrected chi connectivity index (χ3v) is 4.09. The van der Waals surface area contributed by atoms with Crippen molar-refractivity contribution in [3.05, 3.63) is 0 Å². The molecule has 0 aromatic rings. The normalized spacial score (nSPS) is 28.9. The van der Waals surface area contributed by atoms with Crippen molar-refractivity contribution in [3.8, 4) is 0 Å². The highest BCUT2D eigenvalue weighted by atomic mass is 15.3. The summed E-state index contributed by atoms with van der Waals surface area (Å²) >= 11 is 0. The molecular formula is C14H31N3. The Balaban J connectivity index is 2.78. The van der Waals surface area contributed by atoms with Crippen LogP contribution in [0.25, 0.3) is 0 Å². The molecule has 2 atom stereocenters. The van der Waals surface area contributed by atoms with Crippen LogP contribution < -0.4 is 5.73 Å². The van der Waals surface area contributed by atoms with E-state index >= 15 is 0 Å². The summed E-state index contributed by atoms with van der Waals surface area (Å²) in [6, 6.07) is 1.30. The Kier molecular flexibility index (Phi) is 5.42. The summed E-state index contributed by atoms with van der Waals surface area (Å²) in [7, 11) is 2.25. The van der Waals surface area contributed by atoms with Gasteiger partial charge in [-0.05, 0) is 38.8 Å². The van der Waals surface area contributed by atoms with Gasteiger partial charge in [-0.25, -0.2) is 0 Å². The van der Waals surface area contributed by atoms with Crippen LogP contribution in [0.3, 0.4) is 0 Å². The van der Waals surface area contributed by atoms with E-state index in [0.717, 1.165) is 13.0 Å². The molecule has 3 heteroatoms. The maximum atomic E-state index is 5.75. The highest BCUT2D eigenvalue weighted by molar-refractivity contribution is 4.88. The molecule has 102 valence electrons. The van der Waals surface area contributed by atoms with Crippen molar-refractivity contribution in [2.45, 2.75) is 52.6 Å². The van der Waals surface area contributed by atoms with Crippen molar-refractivity contribution in [1.82, 2.24) is 9.80 Å². The third-order valence-electron chi connectivity index (χ3n) is 4.09. The third kappa shape index (κ3) is 4.23. The minimum atomic E-state index is 0.377. The molecule has 2 unspecified atom stereocenters. The molecule has 1 heterocycles. The average molecular weight is 241 g/mol. The summed E-state index contributed by atoms with van der Waals surface area (Å²) in [5, 5.41) is 0. The lowest BCUT2D eigenvalue weighted by Gasteiger charge is -2.33.